The lowest BCUT2D eigenvalue weighted by Crippen LogP contribution is -2.45. The molecule has 7 heteroatoms. The number of nitrogens with zero attached hydrogens (tertiary/aromatic N) is 1. The quantitative estimate of drug-likeness (QED) is 0.344. The van der Waals surface area contributed by atoms with Crippen molar-refractivity contribution in [1.82, 2.24) is 0 Å². The molecule has 0 unspecified atom stereocenters. The minimum absolute atomic E-state index is 0.0588. The number of hydrogen-bond donors (Lipinski definition) is 3. The highest BCUT2D eigenvalue weighted by molar-refractivity contribution is 6.34. The van der Waals surface area contributed by atoms with Crippen LogP contribution in [0.5, 0.6) is 5.75 Å². The number of methoxy groups -OCH3 is 1. The van der Waals surface area contributed by atoms with Crippen molar-refractivity contribution in [1.29, 1.82) is 0 Å². The van der Waals surface area contributed by atoms with Crippen LogP contribution in [0.1, 0.15) is 25.7 Å². The van der Waals surface area contributed by atoms with Crippen molar-refractivity contribution in [2.24, 2.45) is 16.3 Å². The van der Waals surface area contributed by atoms with E-state index < -0.39 is 5.41 Å². The lowest BCUT2D eigenvalue weighted by molar-refractivity contribution is -0.122. The Bertz CT molecular complexity index is 569. The largest absolute Gasteiger partial charge is 0.497 e. The number of hydrogen-bond acceptors (Lipinski definition) is 4. The highest BCUT2D eigenvalue weighted by atomic mass is 35.5. The van der Waals surface area contributed by atoms with Gasteiger partial charge in [-0.1, -0.05) is 29.6 Å². The average Bonchev–Trinajstić information content (AvgIpc) is 2.99. The van der Waals surface area contributed by atoms with Crippen LogP contribution in [0.4, 0.5) is 5.69 Å². The van der Waals surface area contributed by atoms with Crippen molar-refractivity contribution in [3.8, 4) is 5.75 Å². The minimum Gasteiger partial charge on any atom is -0.497 e. The van der Waals surface area contributed by atoms with Crippen molar-refractivity contribution in [2.75, 3.05) is 12.4 Å². The zero-order chi connectivity index (χ0) is 15.5. The summed E-state index contributed by atoms with van der Waals surface area (Å²) in [5, 5.41) is 15.1. The molecule has 6 nitrogen and oxygen atoms in total. The van der Waals surface area contributed by atoms with Gasteiger partial charge < -0.3 is 21.0 Å². The second-order valence-corrected chi connectivity index (χ2v) is 5.48. The van der Waals surface area contributed by atoms with Crippen LogP contribution in [0.25, 0.3) is 0 Å². The van der Waals surface area contributed by atoms with Gasteiger partial charge in [0.2, 0.25) is 5.91 Å². The predicted molar refractivity (Wildman–Crippen MR) is 80.9 cm³/mol. The first-order valence-corrected chi connectivity index (χ1v) is 7.04. The van der Waals surface area contributed by atoms with Crippen LogP contribution in [-0.4, -0.2) is 24.1 Å². The fourth-order valence-electron chi connectivity index (χ4n) is 2.64. The Morgan fingerprint density at radius 1 is 1.48 bits per heavy atom. The summed E-state index contributed by atoms with van der Waals surface area (Å²) in [5.74, 6) is 0.209. The van der Waals surface area contributed by atoms with Gasteiger partial charge in [-0.2, -0.15) is 0 Å². The smallest absolute Gasteiger partial charge is 0.238 e. The number of amides is 1. The molecule has 1 fully saturated rings. The van der Waals surface area contributed by atoms with Gasteiger partial charge in [0.15, 0.2) is 5.84 Å². The third-order valence-electron chi connectivity index (χ3n) is 3.91. The minimum atomic E-state index is -0.971. The number of nitrogens with one attached hydrogen (secondary N) is 1. The number of amidine groups is 1. The molecule has 21 heavy (non-hydrogen) atoms. The molecule has 0 atom stereocenters. The molecule has 114 valence electrons. The highest BCUT2D eigenvalue weighted by Crippen LogP contribution is 2.40. The second kappa shape index (κ2) is 6.22. The molecule has 4 N–H and O–H groups in total. The molecule has 1 amide bonds. The topological polar surface area (TPSA) is 96.9 Å². The predicted octanol–water partition coefficient (Wildman–Crippen LogP) is 2.59. The molecule has 0 aliphatic heterocycles. The number of halogens is 1. The number of benzene rings is 1. The van der Waals surface area contributed by atoms with Crippen LogP contribution in [-0.2, 0) is 4.79 Å². The standard InChI is InChI=1S/C14H18ClN3O3/c1-21-9-4-5-10(15)11(8-9)17-13(19)14(12(16)18-20)6-2-3-7-14/h4-5,8,20H,2-3,6-7H2,1H3,(H2,16,18)(H,17,19). The van der Waals surface area contributed by atoms with Crippen molar-refractivity contribution < 1.29 is 14.7 Å². The summed E-state index contributed by atoms with van der Waals surface area (Å²) in [5.41, 5.74) is 5.21. The molecule has 0 aromatic heterocycles. The van der Waals surface area contributed by atoms with Gasteiger partial charge >= 0.3 is 0 Å². The first kappa shape index (κ1) is 15.4. The molecule has 1 saturated carbocycles. The zero-order valence-corrected chi connectivity index (χ0v) is 12.5. The zero-order valence-electron chi connectivity index (χ0n) is 11.7. The van der Waals surface area contributed by atoms with Gasteiger partial charge in [0.05, 0.1) is 17.8 Å². The normalized spacial score (nSPS) is 17.5. The van der Waals surface area contributed by atoms with Gasteiger partial charge in [0.25, 0.3) is 0 Å². The van der Waals surface area contributed by atoms with Crippen LogP contribution in [0.2, 0.25) is 5.02 Å². The summed E-state index contributed by atoms with van der Waals surface area (Å²) in [6, 6.07) is 4.98. The molecule has 1 aromatic rings. The Hall–Kier alpha value is -1.95. The third-order valence-corrected chi connectivity index (χ3v) is 4.24. The van der Waals surface area contributed by atoms with Crippen molar-refractivity contribution in [3.63, 3.8) is 0 Å². The highest BCUT2D eigenvalue weighted by Gasteiger charge is 2.45. The third kappa shape index (κ3) is 2.90. The number of carbonyl (C=O) groups is 1. The van der Waals surface area contributed by atoms with Crippen LogP contribution >= 0.6 is 11.6 Å². The number of oxime groups is 1. The van der Waals surface area contributed by atoms with E-state index in [0.29, 0.717) is 29.3 Å². The van der Waals surface area contributed by atoms with Gasteiger partial charge in [-0.15, -0.1) is 0 Å². The summed E-state index contributed by atoms with van der Waals surface area (Å²) in [6.07, 6.45) is 2.82. The van der Waals surface area contributed by atoms with Crippen LogP contribution in [0.15, 0.2) is 23.4 Å². The van der Waals surface area contributed by atoms with E-state index in [9.17, 15) is 4.79 Å². The Morgan fingerprint density at radius 2 is 2.14 bits per heavy atom. The molecule has 0 radical (unpaired) electrons. The van der Waals surface area contributed by atoms with Crippen LogP contribution in [0, 0.1) is 5.41 Å². The molecule has 0 bridgehead atoms. The molecule has 1 aromatic carbocycles. The van der Waals surface area contributed by atoms with E-state index in [1.54, 1.807) is 18.2 Å². The molecule has 2 rings (SSSR count). The van der Waals surface area contributed by atoms with E-state index in [0.717, 1.165) is 12.8 Å². The van der Waals surface area contributed by atoms with Crippen LogP contribution in [0.3, 0.4) is 0 Å². The number of anilines is 1. The SMILES string of the molecule is COc1ccc(Cl)c(NC(=O)C2(C(N)=NO)CCCC2)c1. The molecule has 1 aliphatic rings. The number of nitrogens with two attached hydrogens (primary N) is 1. The fraction of sp³-hybridized carbons (Fsp3) is 0.429. The fourth-order valence-corrected chi connectivity index (χ4v) is 2.81. The molecule has 0 spiro atoms. The Kier molecular flexibility index (Phi) is 4.57. The van der Waals surface area contributed by atoms with Crippen molar-refractivity contribution in [2.45, 2.75) is 25.7 Å². The maximum atomic E-state index is 12.6. The van der Waals surface area contributed by atoms with Crippen molar-refractivity contribution >= 4 is 29.0 Å². The lowest BCUT2D eigenvalue weighted by Gasteiger charge is -2.26. The van der Waals surface area contributed by atoms with Gasteiger partial charge in [-0.05, 0) is 25.0 Å². The summed E-state index contributed by atoms with van der Waals surface area (Å²) in [4.78, 5) is 12.6. The molecule has 1 aliphatic carbocycles. The summed E-state index contributed by atoms with van der Waals surface area (Å²) >= 11 is 6.08. The Morgan fingerprint density at radius 3 is 2.71 bits per heavy atom. The number of ether oxygens (including phenoxy) is 1. The van der Waals surface area contributed by atoms with Gasteiger partial charge in [0, 0.05) is 6.07 Å². The number of rotatable bonds is 4. The first-order chi connectivity index (χ1) is 10.0. The summed E-state index contributed by atoms with van der Waals surface area (Å²) in [6.45, 7) is 0. The lowest BCUT2D eigenvalue weighted by atomic mass is 9.83. The van der Waals surface area contributed by atoms with E-state index in [-0.39, 0.29) is 11.7 Å². The maximum Gasteiger partial charge on any atom is 0.238 e. The van der Waals surface area contributed by atoms with Crippen molar-refractivity contribution in [3.05, 3.63) is 23.2 Å². The first-order valence-electron chi connectivity index (χ1n) is 6.66. The Balaban J connectivity index is 2.28. The monoisotopic (exact) mass is 311 g/mol. The number of carbonyl (C=O) groups excluding carboxylic acids is 1. The second-order valence-electron chi connectivity index (χ2n) is 5.07. The average molecular weight is 312 g/mol. The molecule has 0 saturated heterocycles. The van der Waals surface area contributed by atoms with E-state index in [1.165, 1.54) is 7.11 Å². The van der Waals surface area contributed by atoms with Gasteiger partial charge in [0.1, 0.15) is 11.2 Å². The van der Waals surface area contributed by atoms with E-state index >= 15 is 0 Å². The van der Waals surface area contributed by atoms with Crippen LogP contribution < -0.4 is 15.8 Å². The summed E-state index contributed by atoms with van der Waals surface area (Å²) in [7, 11) is 1.53. The maximum absolute atomic E-state index is 12.6. The Labute approximate surface area is 127 Å². The van der Waals surface area contributed by atoms with Gasteiger partial charge in [-0.3, -0.25) is 4.79 Å². The summed E-state index contributed by atoms with van der Waals surface area (Å²) < 4.78 is 5.11. The van der Waals surface area contributed by atoms with E-state index in [2.05, 4.69) is 10.5 Å². The van der Waals surface area contributed by atoms with E-state index in [4.69, 9.17) is 27.3 Å². The molecular formula is C14H18ClN3O3. The molecule has 0 heterocycles. The van der Waals surface area contributed by atoms with E-state index in [1.807, 2.05) is 0 Å². The molecular weight excluding hydrogens is 294 g/mol. The van der Waals surface area contributed by atoms with Gasteiger partial charge in [-0.25, -0.2) is 0 Å².